The van der Waals surface area contributed by atoms with Crippen LogP contribution in [0, 0.1) is 6.92 Å². The van der Waals surface area contributed by atoms with Crippen LogP contribution in [0.15, 0.2) is 176 Å². The van der Waals surface area contributed by atoms with E-state index in [0.29, 0.717) is 45.8 Å². The zero-order valence-corrected chi connectivity index (χ0v) is 35.6. The number of benzene rings is 7. The molecule has 7 rings (SSSR count). The molecule has 0 heterocycles. The molecule has 0 bridgehead atoms. The van der Waals surface area contributed by atoms with Crippen LogP contribution in [0.2, 0.25) is 0 Å². The van der Waals surface area contributed by atoms with Gasteiger partial charge in [-0.25, -0.2) is 0 Å². The topological polar surface area (TPSA) is 107 Å². The number of carbonyl (C=O) groups excluding carboxylic acids is 2. The minimum Gasteiger partial charge on any atom is -0.457 e. The third kappa shape index (κ3) is 12.7. The summed E-state index contributed by atoms with van der Waals surface area (Å²) in [6, 6.07) is 56.5. The number of ketones is 2. The molecule has 306 valence electrons. The van der Waals surface area contributed by atoms with E-state index in [0.717, 1.165) is 28.9 Å². The minimum absolute atomic E-state index is 0.0118. The van der Waals surface area contributed by atoms with Gasteiger partial charge in [-0.1, -0.05) is 136 Å². The average molecular weight is 819 g/mol. The number of hydrogen-bond acceptors (Lipinski definition) is 6. The van der Waals surface area contributed by atoms with E-state index < -0.39 is 10.1 Å². The minimum atomic E-state index is -3.67. The smallest absolute Gasteiger partial charge is 0.261 e. The van der Waals surface area contributed by atoms with Gasteiger partial charge in [-0.15, -0.1) is 0 Å². The second-order valence-electron chi connectivity index (χ2n) is 14.5. The Balaban J connectivity index is 0.000000909. The van der Waals surface area contributed by atoms with E-state index in [9.17, 15) is 18.0 Å². The van der Waals surface area contributed by atoms with Crippen LogP contribution in [0.4, 0.5) is 0 Å². The number of hydrogen-bond donors (Lipinski definition) is 1. The van der Waals surface area contributed by atoms with Crippen LogP contribution in [0.25, 0.3) is 0 Å². The summed E-state index contributed by atoms with van der Waals surface area (Å²) in [6.45, 7) is 10.4. The van der Waals surface area contributed by atoms with Gasteiger partial charge in [0.25, 0.3) is 10.1 Å². The lowest BCUT2D eigenvalue weighted by atomic mass is 9.78. The first-order chi connectivity index (χ1) is 28.7. The van der Waals surface area contributed by atoms with Crippen molar-refractivity contribution in [3.63, 3.8) is 0 Å². The van der Waals surface area contributed by atoms with Gasteiger partial charge in [-0.3, -0.25) is 14.1 Å². The van der Waals surface area contributed by atoms with Crippen molar-refractivity contribution in [2.75, 3.05) is 6.26 Å². The Morgan fingerprint density at radius 2 is 0.767 bits per heavy atom. The quantitative estimate of drug-likeness (QED) is 0.0966. The second-order valence-corrected chi connectivity index (χ2v) is 16.0. The van der Waals surface area contributed by atoms with Crippen molar-refractivity contribution in [1.82, 2.24) is 0 Å². The summed E-state index contributed by atoms with van der Waals surface area (Å²) in [5.41, 5.74) is 8.11. The Morgan fingerprint density at radius 3 is 1.12 bits per heavy atom. The molecule has 0 saturated heterocycles. The molecule has 0 saturated carbocycles. The molecule has 8 heteroatoms. The SMILES string of the molecule is CC.CS(=O)(=O)O.Cc1ccc(C(=O)c2ccc(Oc3ccc(C(C)(C)c4ccc(Oc5ccc(C(=O)c6ccc(Cc7ccccc7)cc6)cc5)cc4)cc3)cc2)cc1. The van der Waals surface area contributed by atoms with Crippen LogP contribution in [-0.4, -0.2) is 30.8 Å². The summed E-state index contributed by atoms with van der Waals surface area (Å²) in [6.07, 6.45) is 1.55. The number of carbonyl (C=O) groups is 2. The van der Waals surface area contributed by atoms with Crippen molar-refractivity contribution in [1.29, 1.82) is 0 Å². The molecule has 0 unspecified atom stereocenters. The number of ether oxygens (including phenoxy) is 2. The molecular formula is C52H50O7S. The molecule has 1 N–H and O–H groups in total. The first-order valence-corrected chi connectivity index (χ1v) is 21.5. The largest absolute Gasteiger partial charge is 0.457 e. The van der Waals surface area contributed by atoms with Gasteiger partial charge in [-0.05, 0) is 108 Å². The average Bonchev–Trinajstić information content (AvgIpc) is 3.25. The molecule has 0 amide bonds. The first kappa shape index (κ1) is 44.5. The Hall–Kier alpha value is -6.61. The zero-order valence-electron chi connectivity index (χ0n) is 34.8. The summed E-state index contributed by atoms with van der Waals surface area (Å²) in [7, 11) is -3.67. The van der Waals surface area contributed by atoms with E-state index >= 15 is 0 Å². The highest BCUT2D eigenvalue weighted by molar-refractivity contribution is 7.85. The van der Waals surface area contributed by atoms with E-state index in [1.165, 1.54) is 11.1 Å². The Bertz CT molecular complexity index is 2550. The van der Waals surface area contributed by atoms with Crippen molar-refractivity contribution >= 4 is 21.7 Å². The maximum atomic E-state index is 13.2. The van der Waals surface area contributed by atoms with Crippen molar-refractivity contribution < 1.29 is 32.0 Å². The van der Waals surface area contributed by atoms with Crippen LogP contribution >= 0.6 is 0 Å². The van der Waals surface area contributed by atoms with Gasteiger partial charge in [0, 0.05) is 27.7 Å². The summed E-state index contributed by atoms with van der Waals surface area (Å²) < 4.78 is 38.1. The van der Waals surface area contributed by atoms with Gasteiger partial charge in [0.05, 0.1) is 6.26 Å². The first-order valence-electron chi connectivity index (χ1n) is 19.7. The zero-order chi connectivity index (χ0) is 43.3. The summed E-state index contributed by atoms with van der Waals surface area (Å²) in [5, 5.41) is 0. The summed E-state index contributed by atoms with van der Waals surface area (Å²) >= 11 is 0. The molecule has 0 spiro atoms. The Labute approximate surface area is 354 Å². The molecular weight excluding hydrogens is 769 g/mol. The third-order valence-electron chi connectivity index (χ3n) is 9.64. The van der Waals surface area contributed by atoms with Crippen molar-refractivity contribution in [3.8, 4) is 23.0 Å². The molecule has 7 nitrogen and oxygen atoms in total. The molecule has 0 aliphatic rings. The molecule has 0 atom stereocenters. The molecule has 0 aromatic heterocycles. The van der Waals surface area contributed by atoms with E-state index in [1.807, 2.05) is 148 Å². The molecule has 0 radical (unpaired) electrons. The van der Waals surface area contributed by atoms with Gasteiger partial charge >= 0.3 is 0 Å². The predicted octanol–water partition coefficient (Wildman–Crippen LogP) is 12.5. The lowest BCUT2D eigenvalue weighted by Crippen LogP contribution is -2.18. The van der Waals surface area contributed by atoms with E-state index in [1.54, 1.807) is 12.1 Å². The van der Waals surface area contributed by atoms with E-state index in [4.69, 9.17) is 14.0 Å². The van der Waals surface area contributed by atoms with Gasteiger partial charge < -0.3 is 9.47 Å². The van der Waals surface area contributed by atoms with Crippen molar-refractivity contribution in [2.45, 2.75) is 46.5 Å². The molecule has 7 aromatic rings. The third-order valence-corrected chi connectivity index (χ3v) is 9.64. The molecule has 60 heavy (non-hydrogen) atoms. The highest BCUT2D eigenvalue weighted by Crippen LogP contribution is 2.35. The number of rotatable bonds is 12. The fraction of sp³-hybridized carbons (Fsp3) is 0.154. The van der Waals surface area contributed by atoms with Gasteiger partial charge in [0.2, 0.25) is 0 Å². The van der Waals surface area contributed by atoms with Crippen molar-refractivity contribution in [2.24, 2.45) is 0 Å². The molecule has 7 aromatic carbocycles. The summed E-state index contributed by atoms with van der Waals surface area (Å²) in [4.78, 5) is 26.0. The fourth-order valence-corrected chi connectivity index (χ4v) is 6.31. The predicted molar refractivity (Wildman–Crippen MR) is 241 cm³/mol. The van der Waals surface area contributed by atoms with Crippen molar-refractivity contribution in [3.05, 3.63) is 226 Å². The van der Waals surface area contributed by atoms with E-state index in [-0.39, 0.29) is 17.0 Å². The standard InChI is InChI=1S/C49H40O4.C2H6.CH4O3S/c1-34-9-13-37(14-10-34)47(50)39-17-25-43(26-18-39)52-45-29-21-41(22-30-45)49(2,3)42-23-31-46(32-24-42)53-44-27-19-40(20-28-44)48(51)38-15-11-36(12-16-38)33-35-7-5-4-6-8-35;1-2;1-5(2,3)4/h4-32H,33H2,1-3H3;1-2H3;1H3,(H,2,3,4). The summed E-state index contributed by atoms with van der Waals surface area (Å²) in [5.74, 6) is 2.73. The molecule has 0 fully saturated rings. The maximum absolute atomic E-state index is 13.2. The lowest BCUT2D eigenvalue weighted by Gasteiger charge is -2.26. The monoisotopic (exact) mass is 818 g/mol. The molecule has 0 aliphatic carbocycles. The van der Waals surface area contributed by atoms with Crippen LogP contribution in [0.5, 0.6) is 23.0 Å². The van der Waals surface area contributed by atoms with Gasteiger partial charge in [0.1, 0.15) is 23.0 Å². The number of aryl methyl sites for hydroxylation is 1. The van der Waals surface area contributed by atoms with Gasteiger partial charge in [-0.2, -0.15) is 8.42 Å². The van der Waals surface area contributed by atoms with Crippen LogP contribution in [0.3, 0.4) is 0 Å². The highest BCUT2D eigenvalue weighted by atomic mass is 32.2. The molecule has 0 aliphatic heterocycles. The van der Waals surface area contributed by atoms with Crippen LogP contribution in [-0.2, 0) is 22.0 Å². The van der Waals surface area contributed by atoms with Crippen LogP contribution < -0.4 is 9.47 Å². The highest BCUT2D eigenvalue weighted by Gasteiger charge is 2.23. The van der Waals surface area contributed by atoms with Gasteiger partial charge in [0.15, 0.2) is 11.6 Å². The maximum Gasteiger partial charge on any atom is 0.261 e. The normalized spacial score (nSPS) is 10.9. The lowest BCUT2D eigenvalue weighted by molar-refractivity contribution is 0.103. The van der Waals surface area contributed by atoms with E-state index in [2.05, 4.69) is 50.2 Å². The van der Waals surface area contributed by atoms with Crippen LogP contribution in [0.1, 0.15) is 87.4 Å². The second kappa shape index (κ2) is 20.4. The fourth-order valence-electron chi connectivity index (χ4n) is 6.31. The Kier molecular flexibility index (Phi) is 15.1. The Morgan fingerprint density at radius 1 is 0.483 bits per heavy atom.